The third kappa shape index (κ3) is 2.92. The van der Waals surface area contributed by atoms with E-state index in [9.17, 15) is 4.79 Å². The molecule has 138 valence electrons. The predicted molar refractivity (Wildman–Crippen MR) is 101 cm³/mol. The van der Waals surface area contributed by atoms with Gasteiger partial charge in [-0.15, -0.1) is 0 Å². The Hall–Kier alpha value is -3.62. The van der Waals surface area contributed by atoms with Crippen molar-refractivity contribution in [1.82, 2.24) is 24.7 Å². The van der Waals surface area contributed by atoms with E-state index in [0.717, 1.165) is 0 Å². The number of fused-ring (bicyclic) bond motifs is 1. The van der Waals surface area contributed by atoms with E-state index in [4.69, 9.17) is 10.2 Å². The van der Waals surface area contributed by atoms with Crippen molar-refractivity contribution in [1.29, 1.82) is 0 Å². The summed E-state index contributed by atoms with van der Waals surface area (Å²) in [6, 6.07) is 5.27. The van der Waals surface area contributed by atoms with Crippen LogP contribution in [0.5, 0.6) is 0 Å². The zero-order valence-corrected chi connectivity index (χ0v) is 15.1. The summed E-state index contributed by atoms with van der Waals surface area (Å²) in [4.78, 5) is 21.2. The van der Waals surface area contributed by atoms with Crippen molar-refractivity contribution in [2.45, 2.75) is 26.3 Å². The second-order valence-electron chi connectivity index (χ2n) is 7.14. The summed E-state index contributed by atoms with van der Waals surface area (Å²) in [6.45, 7) is 6.07. The number of nitrogens with one attached hydrogen (secondary N) is 2. The van der Waals surface area contributed by atoms with Crippen molar-refractivity contribution in [2.24, 2.45) is 0 Å². The molecule has 0 saturated carbocycles. The van der Waals surface area contributed by atoms with Gasteiger partial charge in [-0.3, -0.25) is 9.89 Å². The number of nitrogen functional groups attached to an aromatic ring is 1. The van der Waals surface area contributed by atoms with Crippen LogP contribution in [0.15, 0.2) is 41.4 Å². The molecule has 0 atom stereocenters. The molecule has 0 aliphatic heterocycles. The Balaban J connectivity index is 1.71. The van der Waals surface area contributed by atoms with Crippen molar-refractivity contribution in [3.8, 4) is 11.5 Å². The number of aromatic amines is 1. The highest BCUT2D eigenvalue weighted by molar-refractivity contribution is 6.14. The highest BCUT2D eigenvalue weighted by Gasteiger charge is 2.24. The number of hydrogen-bond donors (Lipinski definition) is 3. The van der Waals surface area contributed by atoms with E-state index in [1.807, 2.05) is 25.3 Å². The maximum Gasteiger partial charge on any atom is 0.259 e. The lowest BCUT2D eigenvalue weighted by molar-refractivity contribution is 0.102. The smallest absolute Gasteiger partial charge is 0.259 e. The van der Waals surface area contributed by atoms with Crippen LogP contribution >= 0.6 is 0 Å². The summed E-state index contributed by atoms with van der Waals surface area (Å²) < 4.78 is 7.23. The van der Waals surface area contributed by atoms with Gasteiger partial charge in [0.2, 0.25) is 0 Å². The topological polar surface area (TPSA) is 128 Å². The van der Waals surface area contributed by atoms with Gasteiger partial charge in [0, 0.05) is 17.8 Å². The van der Waals surface area contributed by atoms with Crippen LogP contribution < -0.4 is 11.1 Å². The SMILES string of the molecule is CC(C)(C)n1cc(C(=O)Nc2cc(-c3ccco3)[nH]n2)c2c(N)ncnc21. The first kappa shape index (κ1) is 16.8. The average molecular weight is 365 g/mol. The zero-order chi connectivity index (χ0) is 19.2. The number of aromatic nitrogens is 5. The molecule has 4 heterocycles. The number of rotatable bonds is 3. The number of hydrogen-bond acceptors (Lipinski definition) is 6. The van der Waals surface area contributed by atoms with Gasteiger partial charge in [0.15, 0.2) is 11.6 Å². The van der Waals surface area contributed by atoms with Gasteiger partial charge in [0.1, 0.15) is 23.5 Å². The number of carbonyl (C=O) groups excluding carboxylic acids is 1. The lowest BCUT2D eigenvalue weighted by Crippen LogP contribution is -2.21. The maximum atomic E-state index is 12.9. The van der Waals surface area contributed by atoms with Gasteiger partial charge in [-0.25, -0.2) is 9.97 Å². The quantitative estimate of drug-likeness (QED) is 0.512. The Morgan fingerprint density at radius 1 is 1.33 bits per heavy atom. The first-order valence-corrected chi connectivity index (χ1v) is 8.37. The van der Waals surface area contributed by atoms with E-state index in [0.29, 0.717) is 33.9 Å². The highest BCUT2D eigenvalue weighted by Crippen LogP contribution is 2.29. The van der Waals surface area contributed by atoms with E-state index >= 15 is 0 Å². The molecule has 0 aliphatic rings. The van der Waals surface area contributed by atoms with Gasteiger partial charge in [0.05, 0.1) is 17.2 Å². The molecule has 4 N–H and O–H groups in total. The lowest BCUT2D eigenvalue weighted by Gasteiger charge is -2.21. The van der Waals surface area contributed by atoms with Crippen LogP contribution in [-0.2, 0) is 5.54 Å². The van der Waals surface area contributed by atoms with Gasteiger partial charge in [-0.2, -0.15) is 5.10 Å². The number of carbonyl (C=O) groups is 1. The molecule has 0 spiro atoms. The fraction of sp³-hybridized carbons (Fsp3) is 0.222. The minimum Gasteiger partial charge on any atom is -0.463 e. The average Bonchev–Trinajstić information content (AvgIpc) is 3.33. The summed E-state index contributed by atoms with van der Waals surface area (Å²) in [6.07, 6.45) is 4.70. The second-order valence-corrected chi connectivity index (χ2v) is 7.14. The van der Waals surface area contributed by atoms with Crippen LogP contribution in [0, 0.1) is 0 Å². The summed E-state index contributed by atoms with van der Waals surface area (Å²) in [7, 11) is 0. The third-order valence-corrected chi connectivity index (χ3v) is 4.19. The van der Waals surface area contributed by atoms with Crippen molar-refractivity contribution >= 4 is 28.6 Å². The highest BCUT2D eigenvalue weighted by atomic mass is 16.3. The molecule has 9 nitrogen and oxygen atoms in total. The van der Waals surface area contributed by atoms with Gasteiger partial charge in [-0.05, 0) is 32.9 Å². The van der Waals surface area contributed by atoms with Crippen LogP contribution in [-0.4, -0.2) is 30.6 Å². The minimum absolute atomic E-state index is 0.256. The molecule has 27 heavy (non-hydrogen) atoms. The largest absolute Gasteiger partial charge is 0.463 e. The van der Waals surface area contributed by atoms with Gasteiger partial charge in [0.25, 0.3) is 5.91 Å². The molecule has 0 aliphatic carbocycles. The van der Waals surface area contributed by atoms with Gasteiger partial charge < -0.3 is 20.0 Å². The van der Waals surface area contributed by atoms with E-state index in [2.05, 4.69) is 25.5 Å². The van der Waals surface area contributed by atoms with Gasteiger partial charge in [-0.1, -0.05) is 0 Å². The molecule has 1 amide bonds. The van der Waals surface area contributed by atoms with E-state index < -0.39 is 0 Å². The van der Waals surface area contributed by atoms with Crippen molar-refractivity contribution in [3.05, 3.63) is 42.5 Å². The van der Waals surface area contributed by atoms with Crippen LogP contribution in [0.2, 0.25) is 0 Å². The zero-order valence-electron chi connectivity index (χ0n) is 15.1. The molecule has 0 bridgehead atoms. The molecule has 4 rings (SSSR count). The Kier molecular flexibility index (Phi) is 3.72. The van der Waals surface area contributed by atoms with Crippen LogP contribution in [0.1, 0.15) is 31.1 Å². The first-order valence-electron chi connectivity index (χ1n) is 8.37. The third-order valence-electron chi connectivity index (χ3n) is 4.19. The van der Waals surface area contributed by atoms with Crippen molar-refractivity contribution in [2.75, 3.05) is 11.1 Å². The fourth-order valence-corrected chi connectivity index (χ4v) is 2.90. The molecule has 0 aromatic carbocycles. The molecule has 0 fully saturated rings. The van der Waals surface area contributed by atoms with E-state index in [-0.39, 0.29) is 17.3 Å². The normalized spacial score (nSPS) is 11.8. The number of amides is 1. The summed E-state index contributed by atoms with van der Waals surface area (Å²) in [5, 5.41) is 10.2. The van der Waals surface area contributed by atoms with E-state index in [1.54, 1.807) is 30.7 Å². The Bertz CT molecular complexity index is 1120. The lowest BCUT2D eigenvalue weighted by atomic mass is 10.1. The van der Waals surface area contributed by atoms with E-state index in [1.165, 1.54) is 6.33 Å². The maximum absolute atomic E-state index is 12.9. The molecule has 4 aromatic rings. The predicted octanol–water partition coefficient (Wildman–Crippen LogP) is 3.00. The van der Waals surface area contributed by atoms with Crippen LogP contribution in [0.25, 0.3) is 22.5 Å². The number of nitrogens with two attached hydrogens (primary N) is 1. The van der Waals surface area contributed by atoms with Crippen LogP contribution in [0.4, 0.5) is 11.6 Å². The Labute approximate surface area is 154 Å². The number of nitrogens with zero attached hydrogens (tertiary/aromatic N) is 4. The summed E-state index contributed by atoms with van der Waals surface area (Å²) in [5.41, 5.74) is 7.41. The van der Waals surface area contributed by atoms with Crippen LogP contribution in [0.3, 0.4) is 0 Å². The molecule has 9 heteroatoms. The number of furan rings is 1. The summed E-state index contributed by atoms with van der Waals surface area (Å²) in [5.74, 6) is 0.914. The first-order chi connectivity index (χ1) is 12.8. The number of anilines is 2. The fourth-order valence-electron chi connectivity index (χ4n) is 2.90. The van der Waals surface area contributed by atoms with Gasteiger partial charge >= 0.3 is 0 Å². The minimum atomic E-state index is -0.345. The summed E-state index contributed by atoms with van der Waals surface area (Å²) >= 11 is 0. The Morgan fingerprint density at radius 2 is 2.15 bits per heavy atom. The molecular formula is C18H19N7O2. The molecular weight excluding hydrogens is 346 g/mol. The Morgan fingerprint density at radius 3 is 2.85 bits per heavy atom. The second kappa shape index (κ2) is 5.97. The number of H-pyrrole nitrogens is 1. The standard InChI is InChI=1S/C18H19N7O2/c1-18(2,3)25-8-10(14-15(19)20-9-21-16(14)25)17(26)22-13-7-11(23-24-13)12-5-4-6-27-12/h4-9H,1-3H3,(H2,19,20,21)(H2,22,23,24,26). The molecule has 0 radical (unpaired) electrons. The van der Waals surface area contributed by atoms with Crippen molar-refractivity contribution < 1.29 is 9.21 Å². The monoisotopic (exact) mass is 365 g/mol. The van der Waals surface area contributed by atoms with Crippen molar-refractivity contribution in [3.63, 3.8) is 0 Å². The molecule has 4 aromatic heterocycles. The molecule has 0 saturated heterocycles. The molecule has 0 unspecified atom stereocenters.